The Morgan fingerprint density at radius 3 is 2.37 bits per heavy atom. The van der Waals surface area contributed by atoms with Gasteiger partial charge in [-0.05, 0) is 25.7 Å². The molecule has 1 saturated carbocycles. The number of carbonyl (C=O) groups excluding carboxylic acids is 1. The van der Waals surface area contributed by atoms with Crippen molar-refractivity contribution in [3.05, 3.63) is 11.8 Å². The summed E-state index contributed by atoms with van der Waals surface area (Å²) < 4.78 is 0. The van der Waals surface area contributed by atoms with Crippen LogP contribution in [0.1, 0.15) is 25.7 Å². The molecule has 6 nitrogen and oxygen atoms in total. The van der Waals surface area contributed by atoms with E-state index in [1.807, 2.05) is 6.07 Å². The molecule has 19 heavy (non-hydrogen) atoms. The first-order valence-electron chi connectivity index (χ1n) is 6.50. The van der Waals surface area contributed by atoms with Crippen molar-refractivity contribution in [2.75, 3.05) is 13.1 Å². The van der Waals surface area contributed by atoms with Crippen LogP contribution in [-0.2, 0) is 9.59 Å². The number of hydrogen-bond donors (Lipinski definition) is 2. The van der Waals surface area contributed by atoms with Crippen molar-refractivity contribution in [3.63, 3.8) is 0 Å². The summed E-state index contributed by atoms with van der Waals surface area (Å²) in [5.74, 6) is -1.49. The lowest BCUT2D eigenvalue weighted by atomic mass is 9.97. The number of amides is 1. The van der Waals surface area contributed by atoms with Gasteiger partial charge in [0.2, 0.25) is 0 Å². The van der Waals surface area contributed by atoms with Gasteiger partial charge in [-0.2, -0.15) is 5.26 Å². The SMILES string of the molecule is N#C/C(=C/NC1CC1)C(=O)N1CCC(C(=O)O)CC1. The van der Waals surface area contributed by atoms with Crippen molar-refractivity contribution in [3.8, 4) is 6.07 Å². The highest BCUT2D eigenvalue weighted by Gasteiger charge is 2.28. The van der Waals surface area contributed by atoms with Gasteiger partial charge in [-0.3, -0.25) is 9.59 Å². The fourth-order valence-corrected chi connectivity index (χ4v) is 2.09. The minimum atomic E-state index is -0.807. The zero-order valence-electron chi connectivity index (χ0n) is 10.6. The van der Waals surface area contributed by atoms with E-state index in [0.717, 1.165) is 12.8 Å². The molecule has 0 aromatic rings. The first-order valence-corrected chi connectivity index (χ1v) is 6.50. The van der Waals surface area contributed by atoms with Gasteiger partial charge in [0.05, 0.1) is 5.92 Å². The molecule has 2 fully saturated rings. The molecule has 1 aliphatic heterocycles. The minimum Gasteiger partial charge on any atom is -0.481 e. The Labute approximate surface area is 111 Å². The van der Waals surface area contributed by atoms with Crippen molar-refractivity contribution < 1.29 is 14.7 Å². The summed E-state index contributed by atoms with van der Waals surface area (Å²) in [4.78, 5) is 24.5. The second-order valence-corrected chi connectivity index (χ2v) is 5.02. The third-order valence-corrected chi connectivity index (χ3v) is 3.52. The molecule has 0 radical (unpaired) electrons. The van der Waals surface area contributed by atoms with E-state index in [-0.39, 0.29) is 17.4 Å². The average molecular weight is 263 g/mol. The van der Waals surface area contributed by atoms with Gasteiger partial charge < -0.3 is 15.3 Å². The normalized spacial score (nSPS) is 20.8. The maximum absolute atomic E-state index is 12.1. The second kappa shape index (κ2) is 5.74. The Hall–Kier alpha value is -2.03. The highest BCUT2D eigenvalue weighted by molar-refractivity contribution is 5.97. The fourth-order valence-electron chi connectivity index (χ4n) is 2.09. The summed E-state index contributed by atoms with van der Waals surface area (Å²) in [7, 11) is 0. The van der Waals surface area contributed by atoms with Crippen molar-refractivity contribution >= 4 is 11.9 Å². The third kappa shape index (κ3) is 3.47. The van der Waals surface area contributed by atoms with Crippen molar-refractivity contribution in [1.29, 1.82) is 5.26 Å². The summed E-state index contributed by atoms with van der Waals surface area (Å²) in [6, 6.07) is 2.30. The van der Waals surface area contributed by atoms with E-state index >= 15 is 0 Å². The molecular weight excluding hydrogens is 246 g/mol. The molecule has 2 rings (SSSR count). The maximum Gasteiger partial charge on any atom is 0.306 e. The third-order valence-electron chi connectivity index (χ3n) is 3.52. The van der Waals surface area contributed by atoms with Gasteiger partial charge in [0, 0.05) is 25.3 Å². The van der Waals surface area contributed by atoms with Crippen molar-refractivity contribution in [1.82, 2.24) is 10.2 Å². The van der Waals surface area contributed by atoms with Gasteiger partial charge in [-0.1, -0.05) is 0 Å². The van der Waals surface area contributed by atoms with Crippen LogP contribution >= 0.6 is 0 Å². The number of nitrogens with one attached hydrogen (secondary N) is 1. The summed E-state index contributed by atoms with van der Waals surface area (Å²) in [6.07, 6.45) is 4.55. The largest absolute Gasteiger partial charge is 0.481 e. The van der Waals surface area contributed by atoms with Crippen LogP contribution in [0.5, 0.6) is 0 Å². The van der Waals surface area contributed by atoms with E-state index in [0.29, 0.717) is 32.0 Å². The van der Waals surface area contributed by atoms with Gasteiger partial charge in [-0.15, -0.1) is 0 Å². The molecular formula is C13H17N3O3. The fraction of sp³-hybridized carbons (Fsp3) is 0.615. The van der Waals surface area contributed by atoms with E-state index < -0.39 is 5.97 Å². The maximum atomic E-state index is 12.1. The highest BCUT2D eigenvalue weighted by atomic mass is 16.4. The van der Waals surface area contributed by atoms with Gasteiger partial charge in [-0.25, -0.2) is 0 Å². The number of rotatable bonds is 4. The molecule has 0 aromatic heterocycles. The average Bonchev–Trinajstić information content (AvgIpc) is 3.23. The lowest BCUT2D eigenvalue weighted by Gasteiger charge is -2.29. The molecule has 0 bridgehead atoms. The predicted molar refractivity (Wildman–Crippen MR) is 66.8 cm³/mol. The van der Waals surface area contributed by atoms with Crippen LogP contribution in [0.3, 0.4) is 0 Å². The molecule has 0 spiro atoms. The van der Waals surface area contributed by atoms with Gasteiger partial charge in [0.25, 0.3) is 5.91 Å². The van der Waals surface area contributed by atoms with Crippen LogP contribution in [0.4, 0.5) is 0 Å². The molecule has 1 aliphatic carbocycles. The smallest absolute Gasteiger partial charge is 0.306 e. The number of hydrogen-bond acceptors (Lipinski definition) is 4. The number of carboxylic acids is 1. The van der Waals surface area contributed by atoms with Crippen LogP contribution in [0, 0.1) is 17.2 Å². The Morgan fingerprint density at radius 2 is 1.89 bits per heavy atom. The Balaban J connectivity index is 1.90. The number of nitriles is 1. The van der Waals surface area contributed by atoms with Crippen LogP contribution in [0.2, 0.25) is 0 Å². The molecule has 0 aromatic carbocycles. The number of nitrogens with zero attached hydrogens (tertiary/aromatic N) is 2. The number of aliphatic carboxylic acids is 1. The number of carboxylic acid groups (broad SMARTS) is 1. The molecule has 1 heterocycles. The number of carbonyl (C=O) groups is 2. The monoisotopic (exact) mass is 263 g/mol. The first kappa shape index (κ1) is 13.4. The Morgan fingerprint density at radius 1 is 1.26 bits per heavy atom. The summed E-state index contributed by atoms with van der Waals surface area (Å²) in [5.41, 5.74) is 0.0978. The predicted octanol–water partition coefficient (Wildman–Crippen LogP) is 0.469. The van der Waals surface area contributed by atoms with Crippen LogP contribution in [0.25, 0.3) is 0 Å². The summed E-state index contributed by atoms with van der Waals surface area (Å²) >= 11 is 0. The van der Waals surface area contributed by atoms with E-state index in [4.69, 9.17) is 10.4 Å². The van der Waals surface area contributed by atoms with Crippen LogP contribution < -0.4 is 5.32 Å². The topological polar surface area (TPSA) is 93.4 Å². The molecule has 6 heteroatoms. The zero-order chi connectivity index (χ0) is 13.8. The van der Waals surface area contributed by atoms with E-state index in [1.165, 1.54) is 6.20 Å². The first-order chi connectivity index (χ1) is 9.11. The second-order valence-electron chi connectivity index (χ2n) is 5.02. The lowest BCUT2D eigenvalue weighted by molar-refractivity contribution is -0.145. The molecule has 1 amide bonds. The summed E-state index contributed by atoms with van der Waals surface area (Å²) in [5, 5.41) is 20.9. The molecule has 1 saturated heterocycles. The van der Waals surface area contributed by atoms with Crippen molar-refractivity contribution in [2.45, 2.75) is 31.7 Å². The quantitative estimate of drug-likeness (QED) is 0.568. The van der Waals surface area contributed by atoms with E-state index in [1.54, 1.807) is 4.90 Å². The molecule has 2 N–H and O–H groups in total. The minimum absolute atomic E-state index is 0.0978. The molecule has 0 atom stereocenters. The Kier molecular flexibility index (Phi) is 4.05. The molecule has 2 aliphatic rings. The molecule has 102 valence electrons. The van der Waals surface area contributed by atoms with Gasteiger partial charge >= 0.3 is 5.97 Å². The van der Waals surface area contributed by atoms with Crippen molar-refractivity contribution in [2.24, 2.45) is 5.92 Å². The Bertz CT molecular complexity index is 441. The lowest BCUT2D eigenvalue weighted by Crippen LogP contribution is -2.41. The van der Waals surface area contributed by atoms with Gasteiger partial charge in [0.15, 0.2) is 0 Å². The zero-order valence-corrected chi connectivity index (χ0v) is 10.6. The van der Waals surface area contributed by atoms with E-state index in [9.17, 15) is 9.59 Å². The highest BCUT2D eigenvalue weighted by Crippen LogP contribution is 2.20. The summed E-state index contributed by atoms with van der Waals surface area (Å²) in [6.45, 7) is 0.802. The van der Waals surface area contributed by atoms with Gasteiger partial charge in [0.1, 0.15) is 11.6 Å². The number of likely N-dealkylation sites (tertiary alicyclic amines) is 1. The number of piperidine rings is 1. The van der Waals surface area contributed by atoms with Crippen LogP contribution in [-0.4, -0.2) is 41.0 Å². The standard InChI is InChI=1S/C13H17N3O3/c14-7-10(8-15-11-1-2-11)12(17)16-5-3-9(4-6-16)13(18)19/h8-9,11,15H,1-6H2,(H,18,19)/b10-8-. The molecule has 0 unspecified atom stereocenters. The van der Waals surface area contributed by atoms with Crippen LogP contribution in [0.15, 0.2) is 11.8 Å². The van der Waals surface area contributed by atoms with E-state index in [2.05, 4.69) is 5.32 Å².